The van der Waals surface area contributed by atoms with Gasteiger partial charge in [0.15, 0.2) is 0 Å². The summed E-state index contributed by atoms with van der Waals surface area (Å²) in [6.07, 6.45) is 3.80. The van der Waals surface area contributed by atoms with Gasteiger partial charge in [-0.25, -0.2) is 4.79 Å². The van der Waals surface area contributed by atoms with Crippen LogP contribution in [0, 0.1) is 0 Å². The van der Waals surface area contributed by atoms with E-state index in [4.69, 9.17) is 10.5 Å². The summed E-state index contributed by atoms with van der Waals surface area (Å²) in [6, 6.07) is 5.29. The highest BCUT2D eigenvalue weighted by molar-refractivity contribution is 5.96. The van der Waals surface area contributed by atoms with Gasteiger partial charge >= 0.3 is 5.97 Å². The number of likely N-dealkylation sites (N-methyl/N-ethyl adjacent to an activating group) is 1. The van der Waals surface area contributed by atoms with Gasteiger partial charge in [-0.2, -0.15) is 0 Å². The van der Waals surface area contributed by atoms with Gasteiger partial charge in [0.1, 0.15) is 0 Å². The van der Waals surface area contributed by atoms with Gasteiger partial charge in [0.25, 0.3) is 0 Å². The van der Waals surface area contributed by atoms with Gasteiger partial charge in [0.05, 0.1) is 17.8 Å². The number of hydrogen-bond acceptors (Lipinski definition) is 5. The number of anilines is 2. The number of benzene rings is 1. The summed E-state index contributed by atoms with van der Waals surface area (Å²) in [5, 5.41) is 10.5. The molecule has 0 heterocycles. The topological polar surface area (TPSA) is 75.8 Å². The van der Waals surface area contributed by atoms with E-state index in [1.165, 1.54) is 0 Å². The maximum atomic E-state index is 11.9. The second-order valence-corrected chi connectivity index (χ2v) is 5.78. The SMILES string of the molecule is CCOC(=O)c1cc(N(C)CC2(O)CCCC2)ccc1N. The summed E-state index contributed by atoms with van der Waals surface area (Å²) >= 11 is 0. The lowest BCUT2D eigenvalue weighted by atomic mass is 10.0. The maximum Gasteiger partial charge on any atom is 0.340 e. The summed E-state index contributed by atoms with van der Waals surface area (Å²) in [5.41, 5.74) is 6.85. The van der Waals surface area contributed by atoms with Gasteiger partial charge in [-0.3, -0.25) is 0 Å². The highest BCUT2D eigenvalue weighted by Crippen LogP contribution is 2.31. The predicted octanol–water partition coefficient (Wildman–Crippen LogP) is 2.19. The summed E-state index contributed by atoms with van der Waals surface area (Å²) in [7, 11) is 1.91. The number of aliphatic hydroxyl groups is 1. The Kier molecular flexibility index (Phi) is 4.73. The number of rotatable bonds is 5. The Morgan fingerprint density at radius 1 is 1.43 bits per heavy atom. The lowest BCUT2D eigenvalue weighted by Gasteiger charge is -2.30. The smallest absolute Gasteiger partial charge is 0.340 e. The molecular weight excluding hydrogens is 268 g/mol. The molecule has 1 aliphatic rings. The van der Waals surface area contributed by atoms with Gasteiger partial charge in [-0.15, -0.1) is 0 Å². The average molecular weight is 292 g/mol. The average Bonchev–Trinajstić information content (AvgIpc) is 2.85. The molecule has 1 aromatic carbocycles. The van der Waals surface area contributed by atoms with E-state index in [1.807, 2.05) is 18.0 Å². The Morgan fingerprint density at radius 3 is 2.71 bits per heavy atom. The van der Waals surface area contributed by atoms with Gasteiger partial charge in [0, 0.05) is 25.0 Å². The van der Waals surface area contributed by atoms with Crippen molar-refractivity contribution in [1.82, 2.24) is 0 Å². The number of ether oxygens (including phenoxy) is 1. The van der Waals surface area contributed by atoms with Gasteiger partial charge in [0.2, 0.25) is 0 Å². The molecule has 5 nitrogen and oxygen atoms in total. The van der Waals surface area contributed by atoms with Gasteiger partial charge in [-0.1, -0.05) is 12.8 Å². The molecule has 0 bridgehead atoms. The maximum absolute atomic E-state index is 11.9. The van der Waals surface area contributed by atoms with E-state index in [-0.39, 0.29) is 0 Å². The Morgan fingerprint density at radius 2 is 2.10 bits per heavy atom. The number of carbonyl (C=O) groups is 1. The van der Waals surface area contributed by atoms with Crippen LogP contribution in [0.15, 0.2) is 18.2 Å². The summed E-state index contributed by atoms with van der Waals surface area (Å²) in [4.78, 5) is 13.8. The van der Waals surface area contributed by atoms with Crippen LogP contribution in [0.5, 0.6) is 0 Å². The molecule has 0 radical (unpaired) electrons. The lowest BCUT2D eigenvalue weighted by molar-refractivity contribution is 0.0527. The van der Waals surface area contributed by atoms with Crippen molar-refractivity contribution >= 4 is 17.3 Å². The summed E-state index contributed by atoms with van der Waals surface area (Å²) in [6.45, 7) is 2.64. The van der Waals surface area contributed by atoms with Crippen LogP contribution in [0.4, 0.5) is 11.4 Å². The molecule has 0 aliphatic heterocycles. The fraction of sp³-hybridized carbons (Fsp3) is 0.562. The van der Waals surface area contributed by atoms with Gasteiger partial charge < -0.3 is 20.5 Å². The van der Waals surface area contributed by atoms with E-state index in [0.717, 1.165) is 31.4 Å². The molecule has 5 heteroatoms. The number of nitrogens with zero attached hydrogens (tertiary/aromatic N) is 1. The fourth-order valence-electron chi connectivity index (χ4n) is 2.89. The molecule has 0 spiro atoms. The largest absolute Gasteiger partial charge is 0.462 e. The van der Waals surface area contributed by atoms with Crippen LogP contribution in [-0.2, 0) is 4.74 Å². The third-order valence-corrected chi connectivity index (χ3v) is 4.04. The molecule has 1 aliphatic carbocycles. The second kappa shape index (κ2) is 6.35. The quantitative estimate of drug-likeness (QED) is 0.642. The van der Waals surface area contributed by atoms with Crippen molar-refractivity contribution in [3.63, 3.8) is 0 Å². The number of esters is 1. The van der Waals surface area contributed by atoms with Crippen LogP contribution < -0.4 is 10.6 Å². The third-order valence-electron chi connectivity index (χ3n) is 4.04. The lowest BCUT2D eigenvalue weighted by Crippen LogP contribution is -2.39. The molecule has 2 rings (SSSR count). The van der Waals surface area contributed by atoms with Crippen molar-refractivity contribution in [3.05, 3.63) is 23.8 Å². The highest BCUT2D eigenvalue weighted by Gasteiger charge is 2.32. The van der Waals surface area contributed by atoms with Crippen LogP contribution in [-0.4, -0.2) is 36.9 Å². The van der Waals surface area contributed by atoms with Crippen molar-refractivity contribution in [2.75, 3.05) is 30.8 Å². The molecule has 0 atom stereocenters. The van der Waals surface area contributed by atoms with Crippen molar-refractivity contribution in [3.8, 4) is 0 Å². The summed E-state index contributed by atoms with van der Waals surface area (Å²) < 4.78 is 5.01. The number of nitrogen functional groups attached to an aromatic ring is 1. The van der Waals surface area contributed by atoms with Crippen molar-refractivity contribution in [1.29, 1.82) is 0 Å². The fourth-order valence-corrected chi connectivity index (χ4v) is 2.89. The van der Waals surface area contributed by atoms with Crippen LogP contribution in [0.25, 0.3) is 0 Å². The Labute approximate surface area is 125 Å². The van der Waals surface area contributed by atoms with Crippen LogP contribution in [0.2, 0.25) is 0 Å². The van der Waals surface area contributed by atoms with Crippen molar-refractivity contribution < 1.29 is 14.6 Å². The monoisotopic (exact) mass is 292 g/mol. The zero-order valence-electron chi connectivity index (χ0n) is 12.8. The molecule has 21 heavy (non-hydrogen) atoms. The van der Waals surface area contributed by atoms with E-state index in [2.05, 4.69) is 0 Å². The van der Waals surface area contributed by atoms with E-state index >= 15 is 0 Å². The van der Waals surface area contributed by atoms with E-state index in [9.17, 15) is 9.90 Å². The number of carbonyl (C=O) groups excluding carboxylic acids is 1. The zero-order valence-corrected chi connectivity index (χ0v) is 12.8. The highest BCUT2D eigenvalue weighted by atomic mass is 16.5. The van der Waals surface area contributed by atoms with E-state index in [0.29, 0.717) is 24.4 Å². The molecule has 0 aromatic heterocycles. The Hall–Kier alpha value is -1.75. The first-order chi connectivity index (χ1) is 9.95. The standard InChI is InChI=1S/C16H24N2O3/c1-3-21-15(19)13-10-12(6-7-14(13)17)18(2)11-16(20)8-4-5-9-16/h6-7,10,20H,3-5,8-9,11,17H2,1-2H3. The van der Waals surface area contributed by atoms with Gasteiger partial charge in [-0.05, 0) is 38.0 Å². The minimum atomic E-state index is -0.625. The van der Waals surface area contributed by atoms with E-state index in [1.54, 1.807) is 19.1 Å². The van der Waals surface area contributed by atoms with Crippen LogP contribution in [0.1, 0.15) is 43.0 Å². The molecule has 0 unspecified atom stereocenters. The molecular formula is C16H24N2O3. The first-order valence-electron chi connectivity index (χ1n) is 7.45. The molecule has 0 amide bonds. The van der Waals surface area contributed by atoms with Crippen molar-refractivity contribution in [2.24, 2.45) is 0 Å². The van der Waals surface area contributed by atoms with E-state index < -0.39 is 11.6 Å². The number of nitrogens with two attached hydrogens (primary N) is 1. The second-order valence-electron chi connectivity index (χ2n) is 5.78. The zero-order chi connectivity index (χ0) is 15.5. The minimum absolute atomic E-state index is 0.318. The Balaban J connectivity index is 2.15. The first kappa shape index (κ1) is 15.6. The van der Waals surface area contributed by atoms with Crippen molar-refractivity contribution in [2.45, 2.75) is 38.2 Å². The Bertz CT molecular complexity index is 510. The van der Waals surface area contributed by atoms with Crippen LogP contribution in [0.3, 0.4) is 0 Å². The molecule has 116 valence electrons. The minimum Gasteiger partial charge on any atom is -0.462 e. The first-order valence-corrected chi connectivity index (χ1v) is 7.45. The molecule has 1 fully saturated rings. The molecule has 1 saturated carbocycles. The van der Waals surface area contributed by atoms with Crippen LogP contribution >= 0.6 is 0 Å². The normalized spacial score (nSPS) is 16.7. The molecule has 0 saturated heterocycles. The molecule has 3 N–H and O–H groups in total. The summed E-state index contributed by atoms with van der Waals surface area (Å²) in [5.74, 6) is -0.412. The molecule has 1 aromatic rings. The third kappa shape index (κ3) is 3.67. The predicted molar refractivity (Wildman–Crippen MR) is 83.5 cm³/mol. The number of hydrogen-bond donors (Lipinski definition) is 2.